The maximum Gasteiger partial charge on any atom is 0.153 e. The molecular formula is C9H21NO2. The van der Waals surface area contributed by atoms with Crippen LogP contribution in [0, 0.1) is 0 Å². The van der Waals surface area contributed by atoms with Crippen molar-refractivity contribution in [3.8, 4) is 0 Å². The van der Waals surface area contributed by atoms with Crippen LogP contribution in [-0.2, 0) is 4.74 Å². The maximum absolute atomic E-state index is 8.93. The molecule has 0 saturated heterocycles. The molecule has 2 unspecified atom stereocenters. The lowest BCUT2D eigenvalue weighted by Crippen LogP contribution is -2.46. The van der Waals surface area contributed by atoms with E-state index in [1.54, 1.807) is 6.92 Å². The molecule has 0 aliphatic rings. The highest BCUT2D eigenvalue weighted by Crippen LogP contribution is 2.08. The van der Waals surface area contributed by atoms with Gasteiger partial charge in [-0.3, -0.25) is 5.32 Å². The molecule has 0 bridgehead atoms. The number of nitrogens with one attached hydrogen (secondary N) is 1. The van der Waals surface area contributed by atoms with Crippen LogP contribution in [0.1, 0.15) is 41.0 Å². The van der Waals surface area contributed by atoms with Gasteiger partial charge in [0.25, 0.3) is 0 Å². The molecule has 12 heavy (non-hydrogen) atoms. The number of aliphatic hydroxyl groups excluding tert-OH is 1. The van der Waals surface area contributed by atoms with E-state index in [0.717, 1.165) is 6.42 Å². The molecular weight excluding hydrogens is 154 g/mol. The summed E-state index contributed by atoms with van der Waals surface area (Å²) in [5.74, 6) is 0. The molecule has 0 amide bonds. The number of aliphatic hydroxyl groups is 1. The normalized spacial score (nSPS) is 17.5. The molecule has 74 valence electrons. The first-order valence-electron chi connectivity index (χ1n) is 4.48. The zero-order valence-corrected chi connectivity index (χ0v) is 8.72. The largest absolute Gasteiger partial charge is 0.368 e. The van der Waals surface area contributed by atoms with E-state index in [4.69, 9.17) is 9.84 Å². The summed E-state index contributed by atoms with van der Waals surface area (Å²) in [6.45, 7) is 9.83. The Bertz CT molecular complexity index is 124. The van der Waals surface area contributed by atoms with Gasteiger partial charge in [-0.15, -0.1) is 0 Å². The molecule has 0 heterocycles. The summed E-state index contributed by atoms with van der Waals surface area (Å²) in [7, 11) is 0. The van der Waals surface area contributed by atoms with E-state index in [-0.39, 0.29) is 11.8 Å². The minimum Gasteiger partial charge on any atom is -0.368 e. The van der Waals surface area contributed by atoms with Gasteiger partial charge < -0.3 is 9.84 Å². The van der Waals surface area contributed by atoms with Gasteiger partial charge in [0.2, 0.25) is 0 Å². The first-order chi connectivity index (χ1) is 5.37. The number of hydrogen-bond acceptors (Lipinski definition) is 3. The lowest BCUT2D eigenvalue weighted by atomic mass is 10.0. The molecule has 3 nitrogen and oxygen atoms in total. The summed E-state index contributed by atoms with van der Waals surface area (Å²) in [5.41, 5.74) is 0.0638. The van der Waals surface area contributed by atoms with Crippen molar-refractivity contribution < 1.29 is 9.84 Å². The van der Waals surface area contributed by atoms with Gasteiger partial charge in [0.05, 0.1) is 0 Å². The minimum absolute atomic E-state index is 0.0638. The summed E-state index contributed by atoms with van der Waals surface area (Å²) in [4.78, 5) is 0. The fraction of sp³-hybridized carbons (Fsp3) is 1.00. The molecule has 0 spiro atoms. The summed E-state index contributed by atoms with van der Waals surface area (Å²) in [6.07, 6.45) is 0.209. The highest BCUT2D eigenvalue weighted by Gasteiger charge is 2.18. The van der Waals surface area contributed by atoms with Crippen LogP contribution in [0.2, 0.25) is 0 Å². The van der Waals surface area contributed by atoms with Gasteiger partial charge >= 0.3 is 0 Å². The van der Waals surface area contributed by atoms with Gasteiger partial charge in [0, 0.05) is 5.54 Å². The van der Waals surface area contributed by atoms with Gasteiger partial charge in [-0.1, -0.05) is 6.92 Å². The van der Waals surface area contributed by atoms with Crippen LogP contribution in [0.15, 0.2) is 0 Å². The van der Waals surface area contributed by atoms with Crippen molar-refractivity contribution in [1.82, 2.24) is 5.32 Å². The Labute approximate surface area is 75.1 Å². The Morgan fingerprint density at radius 1 is 1.42 bits per heavy atom. The van der Waals surface area contributed by atoms with E-state index in [0.29, 0.717) is 0 Å². The monoisotopic (exact) mass is 175 g/mol. The molecule has 0 aromatic carbocycles. The second-order valence-corrected chi connectivity index (χ2v) is 3.76. The van der Waals surface area contributed by atoms with E-state index in [9.17, 15) is 0 Å². The van der Waals surface area contributed by atoms with Crippen LogP contribution in [0.25, 0.3) is 0 Å². The number of hydrogen-bond donors (Lipinski definition) is 2. The first-order valence-corrected chi connectivity index (χ1v) is 4.48. The van der Waals surface area contributed by atoms with E-state index in [1.807, 2.05) is 6.92 Å². The molecule has 2 N–H and O–H groups in total. The maximum atomic E-state index is 8.93. The molecule has 0 aliphatic carbocycles. The van der Waals surface area contributed by atoms with Crippen LogP contribution in [0.3, 0.4) is 0 Å². The van der Waals surface area contributed by atoms with Crippen molar-refractivity contribution in [3.05, 3.63) is 0 Å². The second-order valence-electron chi connectivity index (χ2n) is 3.76. The third kappa shape index (κ3) is 5.52. The lowest BCUT2D eigenvalue weighted by molar-refractivity contribution is -0.133. The standard InChI is InChI=1S/C9H21NO2/c1-6-9(4,5)10-7(2)12-8(3)11/h7-8,10-11H,6H2,1-5H3. The van der Waals surface area contributed by atoms with Gasteiger partial charge in [-0.2, -0.15) is 0 Å². The molecule has 0 radical (unpaired) electrons. The highest BCUT2D eigenvalue weighted by molar-refractivity contribution is 4.75. The first kappa shape index (κ1) is 11.9. The lowest BCUT2D eigenvalue weighted by Gasteiger charge is -2.29. The summed E-state index contributed by atoms with van der Waals surface area (Å²) in [6, 6.07) is 0. The average molecular weight is 175 g/mol. The van der Waals surface area contributed by atoms with E-state index < -0.39 is 6.29 Å². The number of ether oxygens (including phenoxy) is 1. The van der Waals surface area contributed by atoms with E-state index in [2.05, 4.69) is 26.1 Å². The fourth-order valence-corrected chi connectivity index (χ4v) is 0.982. The second kappa shape index (κ2) is 4.80. The SMILES string of the molecule is CCC(C)(C)NC(C)OC(C)O. The molecule has 3 heteroatoms. The predicted molar refractivity (Wildman–Crippen MR) is 49.7 cm³/mol. The molecule has 2 atom stereocenters. The zero-order valence-electron chi connectivity index (χ0n) is 8.72. The van der Waals surface area contributed by atoms with Crippen molar-refractivity contribution >= 4 is 0 Å². The Morgan fingerprint density at radius 2 is 1.92 bits per heavy atom. The molecule has 0 saturated carbocycles. The van der Waals surface area contributed by atoms with Crippen molar-refractivity contribution in [2.24, 2.45) is 0 Å². The Hall–Kier alpha value is -0.120. The van der Waals surface area contributed by atoms with Gasteiger partial charge in [0.1, 0.15) is 6.23 Å². The minimum atomic E-state index is -0.708. The third-order valence-electron chi connectivity index (χ3n) is 1.88. The Balaban J connectivity index is 3.75. The summed E-state index contributed by atoms with van der Waals surface area (Å²) in [5, 5.41) is 12.2. The topological polar surface area (TPSA) is 41.5 Å². The molecule has 0 aromatic rings. The van der Waals surface area contributed by atoms with Crippen molar-refractivity contribution in [1.29, 1.82) is 0 Å². The molecule has 0 fully saturated rings. The quantitative estimate of drug-likeness (QED) is 0.622. The number of rotatable bonds is 5. The van der Waals surface area contributed by atoms with Gasteiger partial charge in [-0.05, 0) is 34.1 Å². The van der Waals surface area contributed by atoms with Crippen molar-refractivity contribution in [2.75, 3.05) is 0 Å². The van der Waals surface area contributed by atoms with Gasteiger partial charge in [-0.25, -0.2) is 0 Å². The van der Waals surface area contributed by atoms with E-state index in [1.165, 1.54) is 0 Å². The summed E-state index contributed by atoms with van der Waals surface area (Å²) < 4.78 is 5.13. The fourth-order valence-electron chi connectivity index (χ4n) is 0.982. The predicted octanol–water partition coefficient (Wildman–Crippen LogP) is 1.47. The molecule has 0 aliphatic heterocycles. The Morgan fingerprint density at radius 3 is 2.25 bits per heavy atom. The highest BCUT2D eigenvalue weighted by atomic mass is 16.6. The van der Waals surface area contributed by atoms with Crippen LogP contribution >= 0.6 is 0 Å². The van der Waals surface area contributed by atoms with Crippen LogP contribution in [0.4, 0.5) is 0 Å². The Kier molecular flexibility index (Phi) is 4.75. The molecule has 0 rings (SSSR count). The summed E-state index contributed by atoms with van der Waals surface area (Å²) >= 11 is 0. The average Bonchev–Trinajstić information content (AvgIpc) is 1.84. The van der Waals surface area contributed by atoms with Gasteiger partial charge in [0.15, 0.2) is 6.29 Å². The molecule has 0 aromatic heterocycles. The van der Waals surface area contributed by atoms with E-state index >= 15 is 0 Å². The van der Waals surface area contributed by atoms with Crippen molar-refractivity contribution in [3.63, 3.8) is 0 Å². The van der Waals surface area contributed by atoms with Crippen molar-refractivity contribution in [2.45, 2.75) is 59.1 Å². The van der Waals surface area contributed by atoms with Crippen LogP contribution < -0.4 is 5.32 Å². The zero-order chi connectivity index (χ0) is 9.78. The van der Waals surface area contributed by atoms with Crippen LogP contribution in [0.5, 0.6) is 0 Å². The smallest absolute Gasteiger partial charge is 0.153 e. The van der Waals surface area contributed by atoms with Crippen LogP contribution in [-0.4, -0.2) is 23.2 Å². The third-order valence-corrected chi connectivity index (χ3v) is 1.88.